The minimum Gasteiger partial charge on any atom is -0.479 e. The maximum absolute atomic E-state index is 13.1. The molecule has 0 bridgehead atoms. The van der Waals surface area contributed by atoms with Gasteiger partial charge in [-0.1, -0.05) is 11.6 Å². The fourth-order valence-electron chi connectivity index (χ4n) is 2.49. The third-order valence-corrected chi connectivity index (χ3v) is 6.46. The Balaban J connectivity index is 2.03. The second kappa shape index (κ2) is 6.71. The van der Waals surface area contributed by atoms with Crippen molar-refractivity contribution in [3.05, 3.63) is 45.6 Å². The SMILES string of the molecule is CC1Oc2cc(S(=O)(=O)Nc3ccc(F)cc3Cl)c(Br)cc2N(C)C1=O. The zero-order chi connectivity index (χ0) is 19.2. The van der Waals surface area contributed by atoms with Crippen molar-refractivity contribution >= 4 is 54.8 Å². The number of nitrogens with zero attached hydrogens (tertiary/aromatic N) is 1. The second-order valence-corrected chi connectivity index (χ2v) is 8.55. The van der Waals surface area contributed by atoms with Crippen LogP contribution in [-0.2, 0) is 14.8 Å². The molecule has 1 aliphatic rings. The number of nitrogens with one attached hydrogen (secondary N) is 1. The first-order valence-electron chi connectivity index (χ1n) is 7.36. The van der Waals surface area contributed by atoms with Gasteiger partial charge < -0.3 is 9.64 Å². The third kappa shape index (κ3) is 3.38. The third-order valence-electron chi connectivity index (χ3n) is 3.82. The number of rotatable bonds is 3. The molecule has 1 unspecified atom stereocenters. The van der Waals surface area contributed by atoms with Gasteiger partial charge in [-0.25, -0.2) is 12.8 Å². The second-order valence-electron chi connectivity index (χ2n) is 5.64. The smallest absolute Gasteiger partial charge is 0.267 e. The summed E-state index contributed by atoms with van der Waals surface area (Å²) < 4.78 is 46.7. The molecule has 0 saturated heterocycles. The van der Waals surface area contributed by atoms with Gasteiger partial charge in [0.15, 0.2) is 6.10 Å². The molecule has 138 valence electrons. The van der Waals surface area contributed by atoms with Crippen LogP contribution in [0.15, 0.2) is 39.7 Å². The molecule has 10 heteroatoms. The number of halogens is 3. The van der Waals surface area contributed by atoms with Crippen molar-refractivity contribution in [2.75, 3.05) is 16.7 Å². The van der Waals surface area contributed by atoms with Crippen molar-refractivity contribution in [3.63, 3.8) is 0 Å². The number of carbonyl (C=O) groups excluding carboxylic acids is 1. The van der Waals surface area contributed by atoms with E-state index in [0.29, 0.717) is 5.69 Å². The van der Waals surface area contributed by atoms with Crippen molar-refractivity contribution in [1.82, 2.24) is 0 Å². The highest BCUT2D eigenvalue weighted by atomic mass is 79.9. The molecule has 0 aromatic heterocycles. The molecule has 0 spiro atoms. The van der Waals surface area contributed by atoms with Crippen molar-refractivity contribution in [2.45, 2.75) is 17.9 Å². The number of amides is 1. The summed E-state index contributed by atoms with van der Waals surface area (Å²) >= 11 is 9.10. The lowest BCUT2D eigenvalue weighted by molar-refractivity contribution is -0.125. The summed E-state index contributed by atoms with van der Waals surface area (Å²) in [5.74, 6) is -0.562. The molecular weight excluding hydrogens is 451 g/mol. The monoisotopic (exact) mass is 462 g/mol. The van der Waals surface area contributed by atoms with Crippen LogP contribution in [0.3, 0.4) is 0 Å². The number of likely N-dealkylation sites (N-methyl/N-ethyl adjacent to an activating group) is 1. The van der Waals surface area contributed by atoms with Crippen molar-refractivity contribution in [2.24, 2.45) is 0 Å². The number of sulfonamides is 1. The van der Waals surface area contributed by atoms with E-state index in [2.05, 4.69) is 20.7 Å². The van der Waals surface area contributed by atoms with E-state index in [1.54, 1.807) is 14.0 Å². The maximum atomic E-state index is 13.1. The summed E-state index contributed by atoms with van der Waals surface area (Å²) in [6, 6.07) is 6.13. The molecule has 1 amide bonds. The van der Waals surface area contributed by atoms with E-state index in [9.17, 15) is 17.6 Å². The molecular formula is C16H13BrClFN2O4S. The fraction of sp³-hybridized carbons (Fsp3) is 0.188. The van der Waals surface area contributed by atoms with Crippen LogP contribution in [0.4, 0.5) is 15.8 Å². The van der Waals surface area contributed by atoms with E-state index in [4.69, 9.17) is 16.3 Å². The Labute approximate surface area is 163 Å². The van der Waals surface area contributed by atoms with Crippen LogP contribution in [0.25, 0.3) is 0 Å². The number of hydrogen-bond donors (Lipinski definition) is 1. The average Bonchev–Trinajstić information content (AvgIpc) is 2.56. The van der Waals surface area contributed by atoms with Crippen LogP contribution in [0, 0.1) is 5.82 Å². The number of anilines is 2. The first kappa shape index (κ1) is 18.9. The number of carbonyl (C=O) groups is 1. The largest absolute Gasteiger partial charge is 0.479 e. The number of fused-ring (bicyclic) bond motifs is 1. The first-order valence-corrected chi connectivity index (χ1v) is 10.0. The van der Waals surface area contributed by atoms with Gasteiger partial charge in [-0.15, -0.1) is 0 Å². The predicted octanol–water partition coefficient (Wildman–Crippen LogP) is 3.79. The predicted molar refractivity (Wildman–Crippen MR) is 99.9 cm³/mol. The van der Waals surface area contributed by atoms with E-state index in [0.717, 1.165) is 12.1 Å². The summed E-state index contributed by atoms with van der Waals surface area (Å²) in [6.45, 7) is 1.58. The quantitative estimate of drug-likeness (QED) is 0.751. The molecule has 0 saturated carbocycles. The molecule has 1 heterocycles. The molecule has 26 heavy (non-hydrogen) atoms. The van der Waals surface area contributed by atoms with Gasteiger partial charge in [0, 0.05) is 17.6 Å². The molecule has 2 aromatic rings. The van der Waals surface area contributed by atoms with Gasteiger partial charge >= 0.3 is 0 Å². The van der Waals surface area contributed by atoms with E-state index in [-0.39, 0.29) is 31.7 Å². The van der Waals surface area contributed by atoms with Crippen LogP contribution in [0.2, 0.25) is 5.02 Å². The molecule has 1 atom stereocenters. The average molecular weight is 464 g/mol. The Bertz CT molecular complexity index is 1020. The van der Waals surface area contributed by atoms with E-state index < -0.39 is 21.9 Å². The van der Waals surface area contributed by atoms with Gasteiger partial charge in [-0.05, 0) is 47.1 Å². The fourth-order valence-corrected chi connectivity index (χ4v) is 4.89. The van der Waals surface area contributed by atoms with Gasteiger partial charge in [-0.2, -0.15) is 0 Å². The number of benzene rings is 2. The van der Waals surface area contributed by atoms with Gasteiger partial charge in [0.05, 0.1) is 16.4 Å². The van der Waals surface area contributed by atoms with Crippen LogP contribution in [0.1, 0.15) is 6.92 Å². The zero-order valence-corrected chi connectivity index (χ0v) is 16.7. The normalized spacial score (nSPS) is 16.9. The first-order chi connectivity index (χ1) is 12.1. The Kier molecular flexibility index (Phi) is 4.89. The lowest BCUT2D eigenvalue weighted by atomic mass is 10.2. The van der Waals surface area contributed by atoms with Crippen LogP contribution < -0.4 is 14.4 Å². The summed E-state index contributed by atoms with van der Waals surface area (Å²) in [6.07, 6.45) is -0.733. The minimum atomic E-state index is -4.05. The van der Waals surface area contributed by atoms with Crippen LogP contribution in [0.5, 0.6) is 5.75 Å². The summed E-state index contributed by atoms with van der Waals surface area (Å²) in [7, 11) is -2.47. The highest BCUT2D eigenvalue weighted by Gasteiger charge is 2.31. The molecule has 0 radical (unpaired) electrons. The summed E-state index contributed by atoms with van der Waals surface area (Å²) in [5.41, 5.74) is 0.484. The zero-order valence-electron chi connectivity index (χ0n) is 13.6. The van der Waals surface area contributed by atoms with E-state index in [1.165, 1.54) is 23.1 Å². The van der Waals surface area contributed by atoms with Crippen LogP contribution in [-0.4, -0.2) is 27.5 Å². The van der Waals surface area contributed by atoms with Crippen LogP contribution >= 0.6 is 27.5 Å². The number of hydrogen-bond acceptors (Lipinski definition) is 4. The van der Waals surface area contributed by atoms with Crippen molar-refractivity contribution in [1.29, 1.82) is 0 Å². The molecule has 0 aliphatic carbocycles. The molecule has 2 aromatic carbocycles. The maximum Gasteiger partial charge on any atom is 0.267 e. The van der Waals surface area contributed by atoms with E-state index >= 15 is 0 Å². The Morgan fingerprint density at radius 2 is 2.00 bits per heavy atom. The summed E-state index contributed by atoms with van der Waals surface area (Å²) in [5, 5.41) is -0.0714. The molecule has 6 nitrogen and oxygen atoms in total. The Hall–Kier alpha value is -1.84. The number of ether oxygens (including phenoxy) is 1. The van der Waals surface area contributed by atoms with E-state index in [1.807, 2.05) is 0 Å². The Morgan fingerprint density at radius 3 is 2.65 bits per heavy atom. The highest BCUT2D eigenvalue weighted by molar-refractivity contribution is 9.10. The van der Waals surface area contributed by atoms with Crippen molar-refractivity contribution < 1.29 is 22.3 Å². The summed E-state index contributed by atoms with van der Waals surface area (Å²) in [4.78, 5) is 13.3. The molecule has 0 fully saturated rings. The highest BCUT2D eigenvalue weighted by Crippen LogP contribution is 2.40. The lowest BCUT2D eigenvalue weighted by Gasteiger charge is -2.30. The van der Waals surface area contributed by atoms with Gasteiger partial charge in [-0.3, -0.25) is 9.52 Å². The molecule has 1 aliphatic heterocycles. The van der Waals surface area contributed by atoms with Gasteiger partial charge in [0.1, 0.15) is 16.5 Å². The van der Waals surface area contributed by atoms with Crippen molar-refractivity contribution in [3.8, 4) is 5.75 Å². The standard InChI is InChI=1S/C16H13BrClFN2O4S/c1-8-16(22)21(2)13-6-10(17)15(7-14(13)25-8)26(23,24)20-12-4-3-9(19)5-11(12)18/h3-8,20H,1-2H3. The van der Waals surface area contributed by atoms with Gasteiger partial charge in [0.2, 0.25) is 0 Å². The molecule has 3 rings (SSSR count). The lowest BCUT2D eigenvalue weighted by Crippen LogP contribution is -2.42. The Morgan fingerprint density at radius 1 is 1.31 bits per heavy atom. The molecule has 1 N–H and O–H groups in total. The van der Waals surface area contributed by atoms with Gasteiger partial charge in [0.25, 0.3) is 15.9 Å². The topological polar surface area (TPSA) is 75.7 Å². The minimum absolute atomic E-state index is 0.0410.